The predicted molar refractivity (Wildman–Crippen MR) is 80.5 cm³/mol. The lowest BCUT2D eigenvalue weighted by Gasteiger charge is -2.08. The average molecular weight is 341 g/mol. The highest BCUT2D eigenvalue weighted by molar-refractivity contribution is 9.10. The first kappa shape index (κ1) is 14.0. The van der Waals surface area contributed by atoms with Crippen LogP contribution in [0.2, 0.25) is 0 Å². The number of aromatic nitrogens is 2. The molecule has 7 heteroatoms. The van der Waals surface area contributed by atoms with Crippen LogP contribution in [0.4, 0.5) is 11.4 Å². The summed E-state index contributed by atoms with van der Waals surface area (Å²) >= 11 is 4.41. The number of halogens is 1. The minimum Gasteiger partial charge on any atom is -0.397 e. The molecule has 2 aromatic rings. The van der Waals surface area contributed by atoms with Gasteiger partial charge in [0.25, 0.3) is 5.91 Å². The number of carbonyl (C=O) groups excluding carboxylic acids is 1. The zero-order valence-corrected chi connectivity index (χ0v) is 12.9. The Morgan fingerprint density at radius 3 is 2.84 bits per heavy atom. The third-order valence-electron chi connectivity index (χ3n) is 2.53. The lowest BCUT2D eigenvalue weighted by molar-refractivity contribution is 0.102. The van der Waals surface area contributed by atoms with Crippen molar-refractivity contribution in [1.82, 2.24) is 9.59 Å². The van der Waals surface area contributed by atoms with Gasteiger partial charge in [-0.25, -0.2) is 0 Å². The van der Waals surface area contributed by atoms with E-state index in [0.717, 1.165) is 16.0 Å². The van der Waals surface area contributed by atoms with Crippen LogP contribution in [-0.4, -0.2) is 15.5 Å². The van der Waals surface area contributed by atoms with Crippen molar-refractivity contribution in [2.45, 2.75) is 19.8 Å². The van der Waals surface area contributed by atoms with Crippen molar-refractivity contribution in [3.05, 3.63) is 33.2 Å². The van der Waals surface area contributed by atoms with E-state index in [4.69, 9.17) is 5.73 Å². The van der Waals surface area contributed by atoms with Crippen LogP contribution >= 0.6 is 27.5 Å². The maximum atomic E-state index is 12.2. The van der Waals surface area contributed by atoms with Crippen LogP contribution in [-0.2, 0) is 0 Å². The Hall–Kier alpha value is -1.47. The summed E-state index contributed by atoms with van der Waals surface area (Å²) in [5, 5.41) is 6.76. The molecule has 1 heterocycles. The lowest BCUT2D eigenvalue weighted by atomic mass is 10.1. The second kappa shape index (κ2) is 5.66. The Morgan fingerprint density at radius 1 is 1.47 bits per heavy atom. The van der Waals surface area contributed by atoms with E-state index >= 15 is 0 Å². The molecule has 0 atom stereocenters. The van der Waals surface area contributed by atoms with E-state index in [1.807, 2.05) is 19.9 Å². The van der Waals surface area contributed by atoms with Gasteiger partial charge in [-0.1, -0.05) is 34.3 Å². The van der Waals surface area contributed by atoms with E-state index in [-0.39, 0.29) is 11.8 Å². The minimum atomic E-state index is -0.229. The zero-order valence-electron chi connectivity index (χ0n) is 10.5. The average Bonchev–Trinajstić information content (AvgIpc) is 2.82. The van der Waals surface area contributed by atoms with Gasteiger partial charge in [0.05, 0.1) is 17.1 Å². The van der Waals surface area contributed by atoms with Gasteiger partial charge < -0.3 is 11.1 Å². The van der Waals surface area contributed by atoms with Gasteiger partial charge in [0.15, 0.2) is 0 Å². The van der Waals surface area contributed by atoms with Crippen molar-refractivity contribution in [2.24, 2.45) is 0 Å². The molecule has 0 unspecified atom stereocenters. The highest BCUT2D eigenvalue weighted by atomic mass is 79.9. The zero-order chi connectivity index (χ0) is 14.0. The number of carbonyl (C=O) groups is 1. The van der Waals surface area contributed by atoms with Crippen LogP contribution in [0.5, 0.6) is 0 Å². The summed E-state index contributed by atoms with van der Waals surface area (Å²) in [6, 6.07) is 5.31. The minimum absolute atomic E-state index is 0.154. The Labute approximate surface area is 123 Å². The molecule has 0 bridgehead atoms. The molecule has 3 N–H and O–H groups in total. The van der Waals surface area contributed by atoms with E-state index in [2.05, 4.69) is 30.8 Å². The highest BCUT2D eigenvalue weighted by Crippen LogP contribution is 2.25. The van der Waals surface area contributed by atoms with E-state index in [1.165, 1.54) is 0 Å². The first-order valence-corrected chi connectivity index (χ1v) is 7.24. The summed E-state index contributed by atoms with van der Waals surface area (Å²) in [6.07, 6.45) is 0. The van der Waals surface area contributed by atoms with Crippen molar-refractivity contribution in [3.63, 3.8) is 0 Å². The van der Waals surface area contributed by atoms with Gasteiger partial charge in [-0.15, -0.1) is 5.10 Å². The normalized spacial score (nSPS) is 10.7. The summed E-state index contributed by atoms with van der Waals surface area (Å²) in [5.41, 5.74) is 7.64. The largest absolute Gasteiger partial charge is 0.397 e. The summed E-state index contributed by atoms with van der Waals surface area (Å²) < 4.78 is 4.70. The van der Waals surface area contributed by atoms with Gasteiger partial charge >= 0.3 is 0 Å². The first-order chi connectivity index (χ1) is 8.99. The van der Waals surface area contributed by atoms with Gasteiger partial charge in [0, 0.05) is 4.47 Å². The summed E-state index contributed by atoms with van der Waals surface area (Å²) in [6.45, 7) is 3.95. The second-order valence-electron chi connectivity index (χ2n) is 4.33. The Morgan fingerprint density at radius 2 is 2.21 bits per heavy atom. The molecule has 2 rings (SSSR count). The predicted octanol–water partition coefficient (Wildman–Crippen LogP) is 3.26. The molecule has 0 radical (unpaired) electrons. The maximum absolute atomic E-state index is 12.2. The van der Waals surface area contributed by atoms with Crippen molar-refractivity contribution in [1.29, 1.82) is 0 Å². The maximum Gasteiger partial charge on any atom is 0.269 e. The smallest absolute Gasteiger partial charge is 0.269 e. The standard InChI is InChI=1S/C12H13BrN4OS/c1-6(2)10-11(19-17-16-10)12(18)15-9-4-3-7(13)5-8(9)14/h3-6H,14H2,1-2H3,(H,15,18). The van der Waals surface area contributed by atoms with Crippen molar-refractivity contribution >= 4 is 44.7 Å². The number of anilines is 2. The second-order valence-corrected chi connectivity index (χ2v) is 6.00. The van der Waals surface area contributed by atoms with Gasteiger partial charge in [0.1, 0.15) is 4.88 Å². The number of amides is 1. The third kappa shape index (κ3) is 3.10. The molecular formula is C12H13BrN4OS. The molecule has 1 aromatic carbocycles. The van der Waals surface area contributed by atoms with E-state index in [1.54, 1.807) is 12.1 Å². The Kier molecular flexibility index (Phi) is 4.16. The Balaban J connectivity index is 2.23. The number of hydrogen-bond acceptors (Lipinski definition) is 5. The monoisotopic (exact) mass is 340 g/mol. The molecule has 0 saturated heterocycles. The Bertz CT molecular complexity index is 612. The number of nitrogens with zero attached hydrogens (tertiary/aromatic N) is 2. The molecular weight excluding hydrogens is 328 g/mol. The molecule has 0 aliphatic heterocycles. The van der Waals surface area contributed by atoms with E-state index in [9.17, 15) is 4.79 Å². The van der Waals surface area contributed by atoms with Crippen molar-refractivity contribution < 1.29 is 4.79 Å². The molecule has 1 aromatic heterocycles. The number of benzene rings is 1. The molecule has 0 fully saturated rings. The highest BCUT2D eigenvalue weighted by Gasteiger charge is 2.19. The van der Waals surface area contributed by atoms with Crippen LogP contribution in [0, 0.1) is 0 Å². The summed E-state index contributed by atoms with van der Waals surface area (Å²) in [7, 11) is 0. The fourth-order valence-corrected chi connectivity index (χ4v) is 2.65. The quantitative estimate of drug-likeness (QED) is 0.840. The first-order valence-electron chi connectivity index (χ1n) is 5.67. The van der Waals surface area contributed by atoms with Crippen LogP contribution < -0.4 is 11.1 Å². The molecule has 0 spiro atoms. The number of nitrogens with one attached hydrogen (secondary N) is 1. The number of rotatable bonds is 3. The molecule has 0 saturated carbocycles. The third-order valence-corrected chi connectivity index (χ3v) is 3.76. The van der Waals surface area contributed by atoms with Gasteiger partial charge in [-0.2, -0.15) is 0 Å². The molecule has 0 aliphatic carbocycles. The lowest BCUT2D eigenvalue weighted by Crippen LogP contribution is -2.14. The van der Waals surface area contributed by atoms with Crippen LogP contribution in [0.1, 0.15) is 35.1 Å². The van der Waals surface area contributed by atoms with Crippen LogP contribution in [0.15, 0.2) is 22.7 Å². The number of nitrogens with two attached hydrogens (primary N) is 1. The molecule has 19 heavy (non-hydrogen) atoms. The van der Waals surface area contributed by atoms with Gasteiger partial charge in [0.2, 0.25) is 0 Å². The molecule has 0 aliphatic rings. The SMILES string of the molecule is CC(C)c1nnsc1C(=O)Nc1ccc(Br)cc1N. The molecule has 100 valence electrons. The van der Waals surface area contributed by atoms with Crippen LogP contribution in [0.25, 0.3) is 0 Å². The topological polar surface area (TPSA) is 80.9 Å². The fraction of sp³-hybridized carbons (Fsp3) is 0.250. The van der Waals surface area contributed by atoms with E-state index in [0.29, 0.717) is 21.9 Å². The fourth-order valence-electron chi connectivity index (χ4n) is 1.56. The van der Waals surface area contributed by atoms with Gasteiger partial charge in [-0.05, 0) is 35.6 Å². The number of hydrogen-bond donors (Lipinski definition) is 2. The number of nitrogen functional groups attached to an aromatic ring is 1. The van der Waals surface area contributed by atoms with Crippen molar-refractivity contribution in [3.8, 4) is 0 Å². The summed E-state index contributed by atoms with van der Waals surface area (Å²) in [5.74, 6) is -0.0745. The van der Waals surface area contributed by atoms with Crippen molar-refractivity contribution in [2.75, 3.05) is 11.1 Å². The van der Waals surface area contributed by atoms with E-state index < -0.39 is 0 Å². The molecule has 1 amide bonds. The van der Waals surface area contributed by atoms with Crippen LogP contribution in [0.3, 0.4) is 0 Å². The molecule has 5 nitrogen and oxygen atoms in total. The summed E-state index contributed by atoms with van der Waals surface area (Å²) in [4.78, 5) is 12.7. The van der Waals surface area contributed by atoms with Gasteiger partial charge in [-0.3, -0.25) is 4.79 Å².